The van der Waals surface area contributed by atoms with Crippen LogP contribution >= 0.6 is 0 Å². The predicted octanol–water partition coefficient (Wildman–Crippen LogP) is 14.8. The summed E-state index contributed by atoms with van der Waals surface area (Å²) >= 11 is 0. The Morgan fingerprint density at radius 2 is 1.26 bits per heavy atom. The zero-order valence-electron chi connectivity index (χ0n) is 34.2. The minimum atomic E-state index is -0.198. The molecule has 0 radical (unpaired) electrons. The van der Waals surface area contributed by atoms with Crippen LogP contribution in [0.4, 0.5) is 0 Å². The van der Waals surface area contributed by atoms with E-state index in [1.165, 1.54) is 96.4 Å². The second kappa shape index (κ2) is 12.4. The van der Waals surface area contributed by atoms with Crippen LogP contribution in [0.2, 0.25) is 0 Å². The number of allylic oxidation sites excluding steroid dienone is 6. The standard InChI is InChI=1S/C53H62/c1-10-33(11-2)36-30-41(34(12-3)13-4)46(35-21-15-14-16-22-35)53(31-36)44-28-27-40-48(45(44)42-29-32(5)37-23-17-18-24-38(37)47(42)53)52(8,9)49-39-25-19-20-26-43(39)51(6,7)50(40)49/h17-20,23-31,33-35,46H,10-16,21-22H2,1-9H3. The Hall–Kier alpha value is -3.64. The Morgan fingerprint density at radius 1 is 0.623 bits per heavy atom. The molecule has 0 saturated heterocycles. The first-order valence-electron chi connectivity index (χ1n) is 21.6. The van der Waals surface area contributed by atoms with Crippen molar-refractivity contribution in [3.8, 4) is 11.1 Å². The largest absolute Gasteiger partial charge is 0.0654 e. The predicted molar refractivity (Wildman–Crippen MR) is 229 cm³/mol. The molecule has 53 heavy (non-hydrogen) atoms. The van der Waals surface area contributed by atoms with Gasteiger partial charge in [-0.3, -0.25) is 0 Å². The normalized spacial score (nSPS) is 23.7. The molecule has 2 atom stereocenters. The van der Waals surface area contributed by atoms with Gasteiger partial charge in [0.2, 0.25) is 0 Å². The van der Waals surface area contributed by atoms with Gasteiger partial charge in [-0.2, -0.15) is 0 Å². The first-order valence-corrected chi connectivity index (χ1v) is 21.6. The molecule has 274 valence electrons. The summed E-state index contributed by atoms with van der Waals surface area (Å²) in [6.07, 6.45) is 17.3. The third-order valence-electron chi connectivity index (χ3n) is 15.5. The molecule has 1 spiro atoms. The molecule has 2 unspecified atom stereocenters. The molecule has 5 aliphatic carbocycles. The first kappa shape index (κ1) is 35.1. The van der Waals surface area contributed by atoms with E-state index in [0.717, 1.165) is 0 Å². The zero-order chi connectivity index (χ0) is 37.0. The van der Waals surface area contributed by atoms with Crippen molar-refractivity contribution in [1.82, 2.24) is 0 Å². The van der Waals surface area contributed by atoms with Gasteiger partial charge in [-0.05, 0) is 141 Å². The smallest absolute Gasteiger partial charge is 0.0474 e. The Balaban J connectivity index is 1.44. The fourth-order valence-corrected chi connectivity index (χ4v) is 13.1. The maximum Gasteiger partial charge on any atom is 0.0474 e. The van der Waals surface area contributed by atoms with Crippen LogP contribution in [0.15, 0.2) is 90.0 Å². The van der Waals surface area contributed by atoms with E-state index in [4.69, 9.17) is 0 Å². The van der Waals surface area contributed by atoms with Gasteiger partial charge in [-0.15, -0.1) is 0 Å². The minimum Gasteiger partial charge on any atom is -0.0654 e. The van der Waals surface area contributed by atoms with Crippen molar-refractivity contribution in [3.05, 3.63) is 129 Å². The topological polar surface area (TPSA) is 0 Å². The van der Waals surface area contributed by atoms with E-state index >= 15 is 0 Å². The maximum absolute atomic E-state index is 2.91. The molecule has 0 aliphatic heterocycles. The van der Waals surface area contributed by atoms with Crippen molar-refractivity contribution in [3.63, 3.8) is 0 Å². The molecule has 0 heteroatoms. The Bertz CT molecular complexity index is 2230. The monoisotopic (exact) mass is 698 g/mol. The fraction of sp³-hybridized carbons (Fsp3) is 0.472. The van der Waals surface area contributed by atoms with Crippen molar-refractivity contribution in [2.24, 2.45) is 23.7 Å². The Kier molecular flexibility index (Phi) is 8.24. The summed E-state index contributed by atoms with van der Waals surface area (Å²) in [6, 6.07) is 26.8. The second-order valence-electron chi connectivity index (χ2n) is 18.7. The third-order valence-corrected chi connectivity index (χ3v) is 15.5. The third kappa shape index (κ3) is 4.60. The molecular weight excluding hydrogens is 637 g/mol. The Morgan fingerprint density at radius 3 is 1.96 bits per heavy atom. The molecular formula is C53H62. The number of rotatable bonds is 7. The lowest BCUT2D eigenvalue weighted by atomic mass is 9.53. The highest BCUT2D eigenvalue weighted by molar-refractivity contribution is 6.13. The van der Waals surface area contributed by atoms with Crippen molar-refractivity contribution >= 4 is 21.9 Å². The van der Waals surface area contributed by atoms with Gasteiger partial charge in [0.15, 0.2) is 0 Å². The van der Waals surface area contributed by atoms with Crippen LogP contribution in [0.25, 0.3) is 33.0 Å². The summed E-state index contributed by atoms with van der Waals surface area (Å²) in [4.78, 5) is 0. The highest BCUT2D eigenvalue weighted by Crippen LogP contribution is 2.69. The van der Waals surface area contributed by atoms with Crippen LogP contribution in [0.1, 0.15) is 152 Å². The van der Waals surface area contributed by atoms with Gasteiger partial charge in [0.05, 0.1) is 0 Å². The van der Waals surface area contributed by atoms with Gasteiger partial charge in [0.1, 0.15) is 0 Å². The fourth-order valence-electron chi connectivity index (χ4n) is 13.1. The molecule has 0 heterocycles. The van der Waals surface area contributed by atoms with Crippen LogP contribution < -0.4 is 0 Å². The van der Waals surface area contributed by atoms with E-state index < -0.39 is 0 Å². The molecule has 0 aromatic heterocycles. The van der Waals surface area contributed by atoms with E-state index in [1.54, 1.807) is 44.5 Å². The van der Waals surface area contributed by atoms with E-state index in [0.29, 0.717) is 23.7 Å². The van der Waals surface area contributed by atoms with Crippen LogP contribution in [0.3, 0.4) is 0 Å². The summed E-state index contributed by atoms with van der Waals surface area (Å²) in [5.74, 6) is 2.33. The van der Waals surface area contributed by atoms with E-state index in [2.05, 4.69) is 141 Å². The lowest BCUT2D eigenvalue weighted by Gasteiger charge is -2.50. The second-order valence-corrected chi connectivity index (χ2v) is 18.7. The van der Waals surface area contributed by atoms with Gasteiger partial charge < -0.3 is 0 Å². The molecule has 0 nitrogen and oxygen atoms in total. The van der Waals surface area contributed by atoms with Gasteiger partial charge in [0.25, 0.3) is 0 Å². The van der Waals surface area contributed by atoms with Crippen molar-refractivity contribution in [1.29, 1.82) is 0 Å². The van der Waals surface area contributed by atoms with Gasteiger partial charge in [-0.25, -0.2) is 0 Å². The summed E-state index contributed by atoms with van der Waals surface area (Å²) < 4.78 is 0. The average Bonchev–Trinajstić information content (AvgIpc) is 3.68. The Labute approximate surface area is 320 Å². The quantitative estimate of drug-likeness (QED) is 0.180. The first-order chi connectivity index (χ1) is 25.6. The van der Waals surface area contributed by atoms with Crippen LogP contribution in [-0.2, 0) is 16.2 Å². The molecule has 5 aliphatic rings. The van der Waals surface area contributed by atoms with Gasteiger partial charge in [0, 0.05) is 22.2 Å². The van der Waals surface area contributed by atoms with Crippen molar-refractivity contribution < 1.29 is 0 Å². The van der Waals surface area contributed by atoms with E-state index in [9.17, 15) is 0 Å². The number of fused-ring (bicyclic) bond motifs is 12. The maximum atomic E-state index is 2.91. The van der Waals surface area contributed by atoms with E-state index in [-0.39, 0.29) is 16.2 Å². The van der Waals surface area contributed by atoms with Crippen LogP contribution in [0, 0.1) is 30.6 Å². The van der Waals surface area contributed by atoms with Gasteiger partial charge in [-0.1, -0.05) is 159 Å². The van der Waals surface area contributed by atoms with Crippen LogP contribution in [-0.4, -0.2) is 0 Å². The average molecular weight is 699 g/mol. The number of hydrogen-bond donors (Lipinski definition) is 0. The lowest BCUT2D eigenvalue weighted by molar-refractivity contribution is 0.210. The molecule has 1 fully saturated rings. The van der Waals surface area contributed by atoms with Gasteiger partial charge >= 0.3 is 0 Å². The molecule has 0 bridgehead atoms. The summed E-state index contributed by atoms with van der Waals surface area (Å²) in [6.45, 7) is 22.2. The molecule has 4 aromatic rings. The summed E-state index contributed by atoms with van der Waals surface area (Å²) in [5, 5.41) is 2.92. The molecule has 0 amide bonds. The molecule has 1 saturated carbocycles. The number of benzene rings is 4. The summed E-state index contributed by atoms with van der Waals surface area (Å²) in [5.41, 5.74) is 20.0. The molecule has 9 rings (SSSR count). The van der Waals surface area contributed by atoms with Crippen LogP contribution in [0.5, 0.6) is 0 Å². The molecule has 4 aromatic carbocycles. The zero-order valence-corrected chi connectivity index (χ0v) is 34.2. The number of hydrogen-bond acceptors (Lipinski definition) is 0. The summed E-state index contributed by atoms with van der Waals surface area (Å²) in [7, 11) is 0. The van der Waals surface area contributed by atoms with Crippen molar-refractivity contribution in [2.45, 2.75) is 136 Å². The molecule has 0 N–H and O–H groups in total. The van der Waals surface area contributed by atoms with Crippen molar-refractivity contribution in [2.75, 3.05) is 0 Å². The highest BCUT2D eigenvalue weighted by atomic mass is 14.6. The van der Waals surface area contributed by atoms with E-state index in [1.807, 2.05) is 0 Å². The number of aryl methyl sites for hydroxylation is 1. The SMILES string of the molecule is CCC(CC)C1=CC2(c3ccc4c(c3-c3cc(C)c5ccccc5c32)C(C)(C)C2=C4C(C)(C)c3ccccc32)C(C2CCCCC2)C(C(CC)CC)=C1. The highest BCUT2D eigenvalue weighted by Gasteiger charge is 2.58. The lowest BCUT2D eigenvalue weighted by Crippen LogP contribution is -2.43. The minimum absolute atomic E-state index is 0.0372.